The van der Waals surface area contributed by atoms with Crippen LogP contribution in [0, 0.1) is 17.2 Å². The van der Waals surface area contributed by atoms with E-state index in [1.165, 1.54) is 38.4 Å². The van der Waals surface area contributed by atoms with E-state index in [4.69, 9.17) is 5.26 Å². The van der Waals surface area contributed by atoms with Crippen LogP contribution in [0.1, 0.15) is 37.7 Å². The molecule has 0 amide bonds. The molecule has 0 aliphatic carbocycles. The summed E-state index contributed by atoms with van der Waals surface area (Å²) in [6, 6.07) is 8.32. The standard InChI is InChI=1S/C18H25N3O2S/c19-14-17-5-4-6-18(13-17)24(22,23)21-11-7-16(8-12-21)15-20-9-2-1-3-10-20/h4-6,13,16H,1-3,7-12,15H2. The van der Waals surface area contributed by atoms with Gasteiger partial charge in [-0.2, -0.15) is 9.57 Å². The van der Waals surface area contributed by atoms with E-state index in [1.807, 2.05) is 6.07 Å². The molecule has 0 spiro atoms. The van der Waals surface area contributed by atoms with E-state index < -0.39 is 10.0 Å². The Kier molecular flexibility index (Phi) is 5.54. The highest BCUT2D eigenvalue weighted by atomic mass is 32.2. The number of benzene rings is 1. The quantitative estimate of drug-likeness (QED) is 0.839. The summed E-state index contributed by atoms with van der Waals surface area (Å²) >= 11 is 0. The van der Waals surface area contributed by atoms with Crippen molar-refractivity contribution in [1.82, 2.24) is 9.21 Å². The van der Waals surface area contributed by atoms with Crippen LogP contribution in [0.2, 0.25) is 0 Å². The van der Waals surface area contributed by atoms with E-state index in [1.54, 1.807) is 22.5 Å². The molecule has 6 heteroatoms. The molecule has 2 fully saturated rings. The zero-order valence-electron chi connectivity index (χ0n) is 14.0. The number of hydrogen-bond donors (Lipinski definition) is 0. The molecule has 0 atom stereocenters. The summed E-state index contributed by atoms with van der Waals surface area (Å²) in [5.41, 5.74) is 0.385. The Morgan fingerprint density at radius 2 is 1.79 bits per heavy atom. The summed E-state index contributed by atoms with van der Waals surface area (Å²) < 4.78 is 27.1. The number of likely N-dealkylation sites (tertiary alicyclic amines) is 1. The first-order valence-corrected chi connectivity index (χ1v) is 10.3. The van der Waals surface area contributed by atoms with Crippen LogP contribution in [0.5, 0.6) is 0 Å². The van der Waals surface area contributed by atoms with E-state index in [9.17, 15) is 8.42 Å². The van der Waals surface area contributed by atoms with Crippen molar-refractivity contribution >= 4 is 10.0 Å². The smallest absolute Gasteiger partial charge is 0.243 e. The van der Waals surface area contributed by atoms with Crippen molar-refractivity contribution in [1.29, 1.82) is 5.26 Å². The van der Waals surface area contributed by atoms with E-state index in [0.717, 1.165) is 19.4 Å². The van der Waals surface area contributed by atoms with Gasteiger partial charge in [-0.25, -0.2) is 8.42 Å². The lowest BCUT2D eigenvalue weighted by molar-refractivity contribution is 0.161. The molecule has 2 saturated heterocycles. The van der Waals surface area contributed by atoms with Crippen LogP contribution in [0.3, 0.4) is 0 Å². The first-order valence-electron chi connectivity index (χ1n) is 8.82. The van der Waals surface area contributed by atoms with Crippen LogP contribution in [0.25, 0.3) is 0 Å². The van der Waals surface area contributed by atoms with Crippen molar-refractivity contribution < 1.29 is 8.42 Å². The highest BCUT2D eigenvalue weighted by Crippen LogP contribution is 2.25. The second kappa shape index (κ2) is 7.64. The van der Waals surface area contributed by atoms with Gasteiger partial charge in [-0.3, -0.25) is 0 Å². The Morgan fingerprint density at radius 1 is 1.08 bits per heavy atom. The number of sulfonamides is 1. The molecule has 1 aromatic carbocycles. The largest absolute Gasteiger partial charge is 0.303 e. The van der Waals surface area contributed by atoms with Gasteiger partial charge in [0.2, 0.25) is 10.0 Å². The topological polar surface area (TPSA) is 64.4 Å². The minimum absolute atomic E-state index is 0.232. The molecule has 0 aromatic heterocycles. The average Bonchev–Trinajstić information content (AvgIpc) is 2.63. The van der Waals surface area contributed by atoms with Crippen molar-refractivity contribution in [2.24, 2.45) is 5.92 Å². The van der Waals surface area contributed by atoms with Gasteiger partial charge in [0.1, 0.15) is 0 Å². The third-order valence-corrected chi connectivity index (χ3v) is 7.03. The van der Waals surface area contributed by atoms with E-state index in [-0.39, 0.29) is 4.90 Å². The molecular formula is C18H25N3O2S. The molecule has 2 aliphatic rings. The molecular weight excluding hydrogens is 322 g/mol. The second-order valence-electron chi connectivity index (χ2n) is 6.85. The molecule has 2 aliphatic heterocycles. The van der Waals surface area contributed by atoms with Gasteiger partial charge in [0, 0.05) is 19.6 Å². The Bertz CT molecular complexity index is 697. The number of nitriles is 1. The Morgan fingerprint density at radius 3 is 2.46 bits per heavy atom. The minimum atomic E-state index is -3.48. The Labute approximate surface area is 144 Å². The van der Waals surface area contributed by atoms with Gasteiger partial charge in [0.05, 0.1) is 16.5 Å². The summed E-state index contributed by atoms with van der Waals surface area (Å²) in [5, 5.41) is 8.97. The third kappa shape index (κ3) is 3.97. The molecule has 130 valence electrons. The molecule has 5 nitrogen and oxygen atoms in total. The predicted molar refractivity (Wildman–Crippen MR) is 92.9 cm³/mol. The monoisotopic (exact) mass is 347 g/mol. The van der Waals surface area contributed by atoms with Crippen LogP contribution < -0.4 is 0 Å². The second-order valence-corrected chi connectivity index (χ2v) is 8.79. The van der Waals surface area contributed by atoms with E-state index >= 15 is 0 Å². The van der Waals surface area contributed by atoms with Crippen molar-refractivity contribution in [3.8, 4) is 6.07 Å². The average molecular weight is 347 g/mol. The van der Waals surface area contributed by atoms with Crippen LogP contribution in [0.4, 0.5) is 0 Å². The van der Waals surface area contributed by atoms with Crippen molar-refractivity contribution in [2.45, 2.75) is 37.0 Å². The molecule has 0 saturated carbocycles. The van der Waals surface area contributed by atoms with Gasteiger partial charge < -0.3 is 4.90 Å². The van der Waals surface area contributed by atoms with Crippen LogP contribution >= 0.6 is 0 Å². The fraction of sp³-hybridized carbons (Fsp3) is 0.611. The normalized spacial score (nSPS) is 21.5. The zero-order chi connectivity index (χ0) is 17.0. The van der Waals surface area contributed by atoms with Crippen molar-refractivity contribution in [3.05, 3.63) is 29.8 Å². The lowest BCUT2D eigenvalue weighted by atomic mass is 9.96. The summed E-state index contributed by atoms with van der Waals surface area (Å²) in [7, 11) is -3.48. The highest BCUT2D eigenvalue weighted by Gasteiger charge is 2.30. The molecule has 1 aromatic rings. The highest BCUT2D eigenvalue weighted by molar-refractivity contribution is 7.89. The summed E-state index contributed by atoms with van der Waals surface area (Å²) in [5.74, 6) is 0.597. The Hall–Kier alpha value is -1.42. The number of piperidine rings is 2. The van der Waals surface area contributed by atoms with Crippen molar-refractivity contribution in [3.63, 3.8) is 0 Å². The molecule has 0 bridgehead atoms. The zero-order valence-corrected chi connectivity index (χ0v) is 14.8. The van der Waals surface area contributed by atoms with Crippen LogP contribution in [0.15, 0.2) is 29.2 Å². The summed E-state index contributed by atoms with van der Waals surface area (Å²) in [6.45, 7) is 4.66. The van der Waals surface area contributed by atoms with Gasteiger partial charge in [0.15, 0.2) is 0 Å². The molecule has 2 heterocycles. The molecule has 0 radical (unpaired) electrons. The number of hydrogen-bond acceptors (Lipinski definition) is 4. The van der Waals surface area contributed by atoms with E-state index in [0.29, 0.717) is 24.6 Å². The lowest BCUT2D eigenvalue weighted by Gasteiger charge is -2.35. The van der Waals surface area contributed by atoms with E-state index in [2.05, 4.69) is 4.90 Å². The fourth-order valence-corrected chi connectivity index (χ4v) is 5.23. The third-order valence-electron chi connectivity index (χ3n) is 5.14. The number of nitrogens with zero attached hydrogens (tertiary/aromatic N) is 3. The maximum Gasteiger partial charge on any atom is 0.243 e. The SMILES string of the molecule is N#Cc1cccc(S(=O)(=O)N2CCC(CN3CCCCC3)CC2)c1. The summed E-state index contributed by atoms with van der Waals surface area (Å²) in [6.07, 6.45) is 5.78. The van der Waals surface area contributed by atoms with Crippen LogP contribution in [-0.2, 0) is 10.0 Å². The van der Waals surface area contributed by atoms with Gasteiger partial charge in [-0.05, 0) is 62.9 Å². The van der Waals surface area contributed by atoms with Gasteiger partial charge in [0.25, 0.3) is 0 Å². The predicted octanol–water partition coefficient (Wildman–Crippen LogP) is 2.44. The van der Waals surface area contributed by atoms with Gasteiger partial charge >= 0.3 is 0 Å². The first kappa shape index (κ1) is 17.4. The first-order chi connectivity index (χ1) is 11.6. The van der Waals surface area contributed by atoms with Gasteiger partial charge in [-0.1, -0.05) is 12.5 Å². The molecule has 24 heavy (non-hydrogen) atoms. The maximum absolute atomic E-state index is 12.8. The Balaban J connectivity index is 1.60. The summed E-state index contributed by atoms with van der Waals surface area (Å²) in [4.78, 5) is 2.77. The molecule has 3 rings (SSSR count). The minimum Gasteiger partial charge on any atom is -0.303 e. The van der Waals surface area contributed by atoms with Crippen molar-refractivity contribution in [2.75, 3.05) is 32.7 Å². The number of rotatable bonds is 4. The van der Waals surface area contributed by atoms with Gasteiger partial charge in [-0.15, -0.1) is 0 Å². The molecule has 0 unspecified atom stereocenters. The van der Waals surface area contributed by atoms with Crippen LogP contribution in [-0.4, -0.2) is 50.3 Å². The maximum atomic E-state index is 12.8. The lowest BCUT2D eigenvalue weighted by Crippen LogP contribution is -2.42. The molecule has 0 N–H and O–H groups in total. The fourth-order valence-electron chi connectivity index (χ4n) is 3.71.